The first-order valence-corrected chi connectivity index (χ1v) is 11.1. The van der Waals surface area contributed by atoms with Gasteiger partial charge in [-0.3, -0.25) is 9.69 Å². The van der Waals surface area contributed by atoms with Gasteiger partial charge in [0.25, 0.3) is 5.91 Å². The third-order valence-corrected chi connectivity index (χ3v) is 6.04. The average Bonchev–Trinajstić information content (AvgIpc) is 2.82. The summed E-state index contributed by atoms with van der Waals surface area (Å²) < 4.78 is 19.0. The first-order valence-electron chi connectivity index (χ1n) is 11.1. The molecule has 3 aromatic carbocycles. The first-order chi connectivity index (χ1) is 15.5. The molecule has 1 amide bonds. The summed E-state index contributed by atoms with van der Waals surface area (Å²) in [6, 6.07) is 24.9. The van der Waals surface area contributed by atoms with Gasteiger partial charge in [-0.1, -0.05) is 54.6 Å². The molecule has 166 valence electrons. The number of hydrogen-bond donors (Lipinski definition) is 0. The summed E-state index contributed by atoms with van der Waals surface area (Å²) >= 11 is 0. The van der Waals surface area contributed by atoms with Gasteiger partial charge in [0, 0.05) is 31.7 Å². The number of rotatable bonds is 6. The van der Waals surface area contributed by atoms with E-state index in [9.17, 15) is 9.18 Å². The highest BCUT2D eigenvalue weighted by Crippen LogP contribution is 2.24. The van der Waals surface area contributed by atoms with Gasteiger partial charge in [0.1, 0.15) is 11.6 Å². The standard InChI is InChI=1S/C27H29FN2O2/c1-20-17-30(21(2)16-29(20)18-22-11-13-25(28)14-12-22)27(31)19-32-26-10-6-9-24(15-26)23-7-4-3-5-8-23/h3-15,20-21H,16-19H2,1-2H3. The molecule has 3 aromatic rings. The molecule has 1 aliphatic heterocycles. The molecule has 1 saturated heterocycles. The Balaban J connectivity index is 1.34. The van der Waals surface area contributed by atoms with Crippen molar-refractivity contribution < 1.29 is 13.9 Å². The molecule has 0 spiro atoms. The van der Waals surface area contributed by atoms with E-state index < -0.39 is 0 Å². The Morgan fingerprint density at radius 1 is 0.906 bits per heavy atom. The lowest BCUT2D eigenvalue weighted by molar-refractivity contribution is -0.139. The fourth-order valence-corrected chi connectivity index (χ4v) is 4.21. The van der Waals surface area contributed by atoms with Crippen LogP contribution >= 0.6 is 0 Å². The highest BCUT2D eigenvalue weighted by molar-refractivity contribution is 5.78. The van der Waals surface area contributed by atoms with E-state index in [1.165, 1.54) is 12.1 Å². The Labute approximate surface area is 189 Å². The molecular weight excluding hydrogens is 403 g/mol. The minimum Gasteiger partial charge on any atom is -0.484 e. The second-order valence-electron chi connectivity index (χ2n) is 8.48. The number of halogens is 1. The zero-order chi connectivity index (χ0) is 22.5. The van der Waals surface area contributed by atoms with Gasteiger partial charge in [-0.05, 0) is 54.8 Å². The third kappa shape index (κ3) is 5.35. The summed E-state index contributed by atoms with van der Waals surface area (Å²) in [5, 5.41) is 0. The number of carbonyl (C=O) groups is 1. The van der Waals surface area contributed by atoms with Crippen LogP contribution in [0.25, 0.3) is 11.1 Å². The SMILES string of the molecule is CC1CN(C(=O)COc2cccc(-c3ccccc3)c2)C(C)CN1Cc1ccc(F)cc1. The van der Waals surface area contributed by atoms with Crippen LogP contribution in [0, 0.1) is 5.82 Å². The van der Waals surface area contributed by atoms with Gasteiger partial charge in [-0.2, -0.15) is 0 Å². The predicted molar refractivity (Wildman–Crippen MR) is 125 cm³/mol. The summed E-state index contributed by atoms with van der Waals surface area (Å²) in [5.74, 6) is 0.464. The lowest BCUT2D eigenvalue weighted by atomic mass is 10.1. The summed E-state index contributed by atoms with van der Waals surface area (Å²) in [4.78, 5) is 17.2. The zero-order valence-electron chi connectivity index (χ0n) is 18.6. The predicted octanol–water partition coefficient (Wildman–Crippen LogP) is 4.99. The van der Waals surface area contributed by atoms with Gasteiger partial charge in [-0.25, -0.2) is 4.39 Å². The maximum Gasteiger partial charge on any atom is 0.260 e. The number of carbonyl (C=O) groups excluding carboxylic acids is 1. The van der Waals surface area contributed by atoms with Gasteiger partial charge >= 0.3 is 0 Å². The van der Waals surface area contributed by atoms with Gasteiger partial charge in [0.05, 0.1) is 0 Å². The second-order valence-corrected chi connectivity index (χ2v) is 8.48. The van der Waals surface area contributed by atoms with Crippen molar-refractivity contribution in [1.29, 1.82) is 0 Å². The van der Waals surface area contributed by atoms with Crippen molar-refractivity contribution in [3.8, 4) is 16.9 Å². The smallest absolute Gasteiger partial charge is 0.260 e. The Bertz CT molecular complexity index is 1040. The number of nitrogens with zero attached hydrogens (tertiary/aromatic N) is 2. The molecule has 1 aliphatic rings. The maximum atomic E-state index is 13.2. The molecule has 1 heterocycles. The lowest BCUT2D eigenvalue weighted by Crippen LogP contribution is -2.58. The molecule has 0 aliphatic carbocycles. The van der Waals surface area contributed by atoms with Gasteiger partial charge in [0.15, 0.2) is 6.61 Å². The fraction of sp³-hybridized carbons (Fsp3) is 0.296. The Morgan fingerprint density at radius 2 is 1.62 bits per heavy atom. The van der Waals surface area contributed by atoms with E-state index in [0.717, 1.165) is 29.8 Å². The van der Waals surface area contributed by atoms with Gasteiger partial charge in [-0.15, -0.1) is 0 Å². The molecule has 2 atom stereocenters. The average molecular weight is 433 g/mol. The molecule has 0 saturated carbocycles. The van der Waals surface area contributed by atoms with Crippen LogP contribution in [0.1, 0.15) is 19.4 Å². The van der Waals surface area contributed by atoms with Crippen LogP contribution in [-0.4, -0.2) is 47.5 Å². The van der Waals surface area contributed by atoms with Crippen molar-refractivity contribution in [2.24, 2.45) is 0 Å². The van der Waals surface area contributed by atoms with E-state index in [1.807, 2.05) is 59.5 Å². The van der Waals surface area contributed by atoms with Crippen molar-refractivity contribution >= 4 is 5.91 Å². The van der Waals surface area contributed by atoms with Gasteiger partial charge in [0.2, 0.25) is 0 Å². The molecule has 32 heavy (non-hydrogen) atoms. The summed E-state index contributed by atoms with van der Waals surface area (Å²) in [5.41, 5.74) is 3.25. The molecule has 0 aromatic heterocycles. The van der Waals surface area contributed by atoms with Crippen LogP contribution in [0.5, 0.6) is 5.75 Å². The summed E-state index contributed by atoms with van der Waals surface area (Å²) in [7, 11) is 0. The van der Waals surface area contributed by atoms with E-state index in [2.05, 4.69) is 30.9 Å². The quantitative estimate of drug-likeness (QED) is 0.550. The summed E-state index contributed by atoms with van der Waals surface area (Å²) in [6.07, 6.45) is 0. The van der Waals surface area contributed by atoms with Crippen molar-refractivity contribution in [2.45, 2.75) is 32.5 Å². The maximum absolute atomic E-state index is 13.2. The summed E-state index contributed by atoms with van der Waals surface area (Å²) in [6.45, 7) is 6.38. The zero-order valence-corrected chi connectivity index (χ0v) is 18.6. The number of amides is 1. The highest BCUT2D eigenvalue weighted by atomic mass is 19.1. The topological polar surface area (TPSA) is 32.8 Å². The van der Waals surface area contributed by atoms with Crippen molar-refractivity contribution in [3.63, 3.8) is 0 Å². The molecule has 0 N–H and O–H groups in total. The third-order valence-electron chi connectivity index (χ3n) is 6.04. The fourth-order valence-electron chi connectivity index (χ4n) is 4.21. The molecule has 0 radical (unpaired) electrons. The minimum absolute atomic E-state index is 0.00380. The van der Waals surface area contributed by atoms with E-state index >= 15 is 0 Å². The Hall–Kier alpha value is -3.18. The molecule has 4 rings (SSSR count). The van der Waals surface area contributed by atoms with Crippen LogP contribution in [0.2, 0.25) is 0 Å². The van der Waals surface area contributed by atoms with Crippen molar-refractivity contribution in [2.75, 3.05) is 19.7 Å². The van der Waals surface area contributed by atoms with E-state index in [-0.39, 0.29) is 30.4 Å². The molecule has 5 heteroatoms. The monoisotopic (exact) mass is 432 g/mol. The van der Waals surface area contributed by atoms with Crippen LogP contribution < -0.4 is 4.74 Å². The minimum atomic E-state index is -0.222. The molecule has 0 bridgehead atoms. The molecular formula is C27H29FN2O2. The molecule has 2 unspecified atom stereocenters. The Morgan fingerprint density at radius 3 is 2.38 bits per heavy atom. The van der Waals surface area contributed by atoms with Crippen LogP contribution in [0.3, 0.4) is 0 Å². The second kappa shape index (κ2) is 9.96. The first kappa shape index (κ1) is 22.0. The van der Waals surface area contributed by atoms with Crippen LogP contribution in [0.15, 0.2) is 78.9 Å². The van der Waals surface area contributed by atoms with Crippen LogP contribution in [-0.2, 0) is 11.3 Å². The van der Waals surface area contributed by atoms with Crippen molar-refractivity contribution in [3.05, 3.63) is 90.2 Å². The van der Waals surface area contributed by atoms with Crippen molar-refractivity contribution in [1.82, 2.24) is 9.80 Å². The molecule has 1 fully saturated rings. The van der Waals surface area contributed by atoms with Crippen LogP contribution in [0.4, 0.5) is 4.39 Å². The largest absolute Gasteiger partial charge is 0.484 e. The van der Waals surface area contributed by atoms with E-state index in [1.54, 1.807) is 0 Å². The number of ether oxygens (including phenoxy) is 1. The highest BCUT2D eigenvalue weighted by Gasteiger charge is 2.32. The number of piperazine rings is 1. The van der Waals surface area contributed by atoms with E-state index in [0.29, 0.717) is 12.3 Å². The normalized spacial score (nSPS) is 19.0. The van der Waals surface area contributed by atoms with E-state index in [4.69, 9.17) is 4.74 Å². The molecule has 4 nitrogen and oxygen atoms in total. The number of hydrogen-bond acceptors (Lipinski definition) is 3. The number of benzene rings is 3. The lowest BCUT2D eigenvalue weighted by Gasteiger charge is -2.44. The van der Waals surface area contributed by atoms with Gasteiger partial charge < -0.3 is 9.64 Å². The Kier molecular flexibility index (Phi) is 6.86.